The lowest BCUT2D eigenvalue weighted by Gasteiger charge is -2.18. The minimum Gasteiger partial charge on any atom is -0.481 e. The van der Waals surface area contributed by atoms with Crippen molar-refractivity contribution in [3.05, 3.63) is 47.0 Å². The van der Waals surface area contributed by atoms with Crippen molar-refractivity contribution in [3.8, 4) is 5.69 Å². The van der Waals surface area contributed by atoms with Crippen LogP contribution in [-0.2, 0) is 9.53 Å². The molecule has 1 aromatic carbocycles. The maximum absolute atomic E-state index is 10.6. The summed E-state index contributed by atoms with van der Waals surface area (Å²) >= 11 is 12.6. The smallest absolute Gasteiger partial charge is 0.305 e. The molecule has 0 unspecified atom stereocenters. The molecule has 2 aromatic heterocycles. The number of carboxylic acid groups (broad SMARTS) is 1. The molecule has 0 aliphatic heterocycles. The van der Waals surface area contributed by atoms with E-state index in [0.29, 0.717) is 34.5 Å². The first-order valence-electron chi connectivity index (χ1n) is 9.28. The molecule has 0 radical (unpaired) electrons. The van der Waals surface area contributed by atoms with Crippen LogP contribution in [0, 0.1) is 5.41 Å². The van der Waals surface area contributed by atoms with Gasteiger partial charge in [0, 0.05) is 35.8 Å². The van der Waals surface area contributed by atoms with Gasteiger partial charge in [-0.3, -0.25) is 4.79 Å². The number of ether oxygens (including phenoxy) is 1. The average Bonchev–Trinajstić information content (AvgIpc) is 3.26. The fourth-order valence-electron chi connectivity index (χ4n) is 3.20. The lowest BCUT2D eigenvalue weighted by molar-refractivity contribution is -0.138. The van der Waals surface area contributed by atoms with Crippen LogP contribution in [0.4, 0.5) is 5.82 Å². The molecule has 0 atom stereocenters. The molecular formula is C20H20Cl2N4O3. The van der Waals surface area contributed by atoms with Crippen LogP contribution in [0.2, 0.25) is 10.0 Å². The highest BCUT2D eigenvalue weighted by Crippen LogP contribution is 2.46. The predicted octanol–water partition coefficient (Wildman–Crippen LogP) is 4.41. The number of hydrogen-bond donors (Lipinski definition) is 2. The number of pyridine rings is 1. The molecule has 4 rings (SSSR count). The van der Waals surface area contributed by atoms with Gasteiger partial charge in [0.25, 0.3) is 0 Å². The van der Waals surface area contributed by atoms with Gasteiger partial charge >= 0.3 is 5.97 Å². The number of benzene rings is 1. The van der Waals surface area contributed by atoms with E-state index in [-0.39, 0.29) is 18.4 Å². The Morgan fingerprint density at radius 1 is 1.34 bits per heavy atom. The van der Waals surface area contributed by atoms with Crippen molar-refractivity contribution >= 4 is 45.9 Å². The highest BCUT2D eigenvalue weighted by Gasteiger charge is 2.42. The molecule has 7 nitrogen and oxygen atoms in total. The van der Waals surface area contributed by atoms with E-state index in [1.54, 1.807) is 18.6 Å². The number of fused-ring (bicyclic) bond motifs is 1. The molecule has 1 saturated carbocycles. The van der Waals surface area contributed by atoms with Gasteiger partial charge in [0.1, 0.15) is 5.82 Å². The van der Waals surface area contributed by atoms with E-state index >= 15 is 0 Å². The van der Waals surface area contributed by atoms with E-state index in [1.165, 1.54) is 0 Å². The Kier molecular flexibility index (Phi) is 5.63. The second kappa shape index (κ2) is 8.18. The third kappa shape index (κ3) is 4.47. The zero-order valence-corrected chi connectivity index (χ0v) is 17.1. The summed E-state index contributed by atoms with van der Waals surface area (Å²) in [6, 6.07) is 5.61. The average molecular weight is 435 g/mol. The molecule has 0 amide bonds. The van der Waals surface area contributed by atoms with Crippen LogP contribution in [-0.4, -0.2) is 45.4 Å². The van der Waals surface area contributed by atoms with Crippen molar-refractivity contribution < 1.29 is 14.6 Å². The second-order valence-corrected chi connectivity index (χ2v) is 8.09. The first kappa shape index (κ1) is 19.9. The van der Waals surface area contributed by atoms with Crippen LogP contribution in [0.15, 0.2) is 36.9 Å². The number of anilines is 1. The van der Waals surface area contributed by atoms with Crippen molar-refractivity contribution in [2.45, 2.75) is 19.3 Å². The van der Waals surface area contributed by atoms with Gasteiger partial charge in [-0.1, -0.05) is 23.2 Å². The Hall–Kier alpha value is -2.35. The summed E-state index contributed by atoms with van der Waals surface area (Å²) in [5.74, 6) is -0.168. The molecule has 152 valence electrons. The number of rotatable bonds is 9. The Morgan fingerprint density at radius 3 is 2.86 bits per heavy atom. The van der Waals surface area contributed by atoms with E-state index < -0.39 is 5.97 Å². The van der Waals surface area contributed by atoms with E-state index in [2.05, 4.69) is 15.3 Å². The minimum absolute atomic E-state index is 0.0163. The number of carbonyl (C=O) groups is 1. The summed E-state index contributed by atoms with van der Waals surface area (Å²) in [7, 11) is 0. The van der Waals surface area contributed by atoms with Crippen molar-refractivity contribution in [3.63, 3.8) is 0 Å². The number of nitrogens with one attached hydrogen (secondary N) is 1. The van der Waals surface area contributed by atoms with Gasteiger partial charge in [-0.15, -0.1) is 0 Å². The fourth-order valence-corrected chi connectivity index (χ4v) is 3.56. The third-order valence-corrected chi connectivity index (χ3v) is 5.90. The minimum atomic E-state index is -0.851. The number of halogens is 2. The molecule has 0 bridgehead atoms. The maximum atomic E-state index is 10.6. The SMILES string of the molecule is O=C(O)CCOCC1(CNc2cc(-n3ccnc3)c3ccc(Cl)c(Cl)c3n2)CC1. The molecule has 1 aliphatic rings. The van der Waals surface area contributed by atoms with Crippen molar-refractivity contribution in [2.24, 2.45) is 5.41 Å². The first-order valence-corrected chi connectivity index (χ1v) is 10.0. The molecule has 1 fully saturated rings. The van der Waals surface area contributed by atoms with Crippen LogP contribution in [0.3, 0.4) is 0 Å². The van der Waals surface area contributed by atoms with Crippen LogP contribution in [0.1, 0.15) is 19.3 Å². The van der Waals surface area contributed by atoms with Gasteiger partial charge in [-0.25, -0.2) is 9.97 Å². The quantitative estimate of drug-likeness (QED) is 0.484. The molecular weight excluding hydrogens is 415 g/mol. The summed E-state index contributed by atoms with van der Waals surface area (Å²) in [4.78, 5) is 19.4. The normalized spacial score (nSPS) is 14.8. The fraction of sp³-hybridized carbons (Fsp3) is 0.350. The molecule has 1 aliphatic carbocycles. The van der Waals surface area contributed by atoms with Crippen molar-refractivity contribution in [1.82, 2.24) is 14.5 Å². The largest absolute Gasteiger partial charge is 0.481 e. The van der Waals surface area contributed by atoms with Crippen LogP contribution < -0.4 is 5.32 Å². The van der Waals surface area contributed by atoms with Crippen LogP contribution in [0.25, 0.3) is 16.6 Å². The number of aliphatic carboxylic acids is 1. The molecule has 0 spiro atoms. The zero-order chi connectivity index (χ0) is 20.4. The molecule has 0 saturated heterocycles. The Bertz CT molecular complexity index is 1040. The third-order valence-electron chi connectivity index (χ3n) is 5.10. The Morgan fingerprint density at radius 2 is 2.17 bits per heavy atom. The lowest BCUT2D eigenvalue weighted by atomic mass is 10.1. The van der Waals surface area contributed by atoms with E-state index in [1.807, 2.05) is 22.9 Å². The summed E-state index contributed by atoms with van der Waals surface area (Å²) in [5, 5.41) is 13.8. The summed E-state index contributed by atoms with van der Waals surface area (Å²) < 4.78 is 7.46. The Labute approximate surface area is 177 Å². The van der Waals surface area contributed by atoms with Gasteiger partial charge in [0.2, 0.25) is 0 Å². The standard InChI is InChI=1S/C20H20Cl2N4O3/c21-14-2-1-13-15(26-7-6-23-12-26)9-16(25-19(13)18(14)22)24-10-20(4-5-20)11-29-8-3-17(27)28/h1-2,6-7,9,12H,3-5,8,10-11H2,(H,24,25)(H,27,28). The van der Waals surface area contributed by atoms with Crippen LogP contribution >= 0.6 is 23.2 Å². The summed E-state index contributed by atoms with van der Waals surface area (Å²) in [6.45, 7) is 1.44. The summed E-state index contributed by atoms with van der Waals surface area (Å²) in [6.07, 6.45) is 7.37. The monoisotopic (exact) mass is 434 g/mol. The highest BCUT2D eigenvalue weighted by molar-refractivity contribution is 6.45. The molecule has 3 aromatic rings. The molecule has 2 N–H and O–H groups in total. The zero-order valence-electron chi connectivity index (χ0n) is 15.6. The number of carboxylic acids is 1. The maximum Gasteiger partial charge on any atom is 0.305 e. The van der Waals surface area contributed by atoms with E-state index in [0.717, 1.165) is 23.9 Å². The van der Waals surface area contributed by atoms with E-state index in [9.17, 15) is 4.79 Å². The molecule has 2 heterocycles. The lowest BCUT2D eigenvalue weighted by Crippen LogP contribution is -2.22. The predicted molar refractivity (Wildman–Crippen MR) is 112 cm³/mol. The van der Waals surface area contributed by atoms with Gasteiger partial charge < -0.3 is 19.7 Å². The van der Waals surface area contributed by atoms with E-state index in [4.69, 9.17) is 33.0 Å². The van der Waals surface area contributed by atoms with Gasteiger partial charge in [0.05, 0.1) is 47.2 Å². The topological polar surface area (TPSA) is 89.3 Å². The van der Waals surface area contributed by atoms with Gasteiger partial charge in [0.15, 0.2) is 0 Å². The summed E-state index contributed by atoms with van der Waals surface area (Å²) in [5.41, 5.74) is 1.54. The van der Waals surface area contributed by atoms with Gasteiger partial charge in [-0.2, -0.15) is 0 Å². The van der Waals surface area contributed by atoms with Crippen LogP contribution in [0.5, 0.6) is 0 Å². The second-order valence-electron chi connectivity index (χ2n) is 7.30. The Balaban J connectivity index is 1.55. The highest BCUT2D eigenvalue weighted by atomic mass is 35.5. The number of imidazole rings is 1. The molecule has 29 heavy (non-hydrogen) atoms. The van der Waals surface area contributed by atoms with Crippen molar-refractivity contribution in [1.29, 1.82) is 0 Å². The van der Waals surface area contributed by atoms with Gasteiger partial charge in [-0.05, 0) is 25.0 Å². The van der Waals surface area contributed by atoms with Crippen molar-refractivity contribution in [2.75, 3.05) is 25.1 Å². The number of aromatic nitrogens is 3. The number of nitrogens with zero attached hydrogens (tertiary/aromatic N) is 3. The number of hydrogen-bond acceptors (Lipinski definition) is 5. The first-order chi connectivity index (χ1) is 14.0. The molecule has 9 heteroatoms.